The van der Waals surface area contributed by atoms with Crippen LogP contribution in [0.4, 0.5) is 0 Å². The van der Waals surface area contributed by atoms with Gasteiger partial charge in [0.1, 0.15) is 0 Å². The van der Waals surface area contributed by atoms with Crippen LogP contribution in [0.3, 0.4) is 0 Å². The lowest BCUT2D eigenvalue weighted by atomic mass is 9.92. The maximum atomic E-state index is 6.38. The van der Waals surface area contributed by atoms with Crippen LogP contribution in [0.5, 0.6) is 0 Å². The van der Waals surface area contributed by atoms with Crippen LogP contribution in [0, 0.1) is 0 Å². The normalized spacial score (nSPS) is 25.6. The van der Waals surface area contributed by atoms with Gasteiger partial charge in [0.15, 0.2) is 0 Å². The molecule has 0 spiro atoms. The predicted octanol–water partition coefficient (Wildman–Crippen LogP) is 3.60. The van der Waals surface area contributed by atoms with Gasteiger partial charge in [0.25, 0.3) is 0 Å². The zero-order chi connectivity index (χ0) is 14.8. The molecule has 112 valence electrons. The van der Waals surface area contributed by atoms with Crippen molar-refractivity contribution in [3.8, 4) is 0 Å². The van der Waals surface area contributed by atoms with Gasteiger partial charge in [0.2, 0.25) is 0 Å². The molecule has 1 heterocycles. The Kier molecular flexibility index (Phi) is 5.49. The third kappa shape index (κ3) is 3.55. The number of nitrogens with two attached hydrogens (primary N) is 1. The highest BCUT2D eigenvalue weighted by molar-refractivity contribution is 9.10. The molecule has 1 aliphatic heterocycles. The van der Waals surface area contributed by atoms with Gasteiger partial charge in [0.05, 0.1) is 5.60 Å². The molecule has 2 N–H and O–H groups in total. The summed E-state index contributed by atoms with van der Waals surface area (Å²) < 4.78 is 6.65. The van der Waals surface area contributed by atoms with Crippen LogP contribution in [0.25, 0.3) is 0 Å². The Morgan fingerprint density at radius 2 is 2.30 bits per heavy atom. The minimum absolute atomic E-state index is 0.0898. The summed E-state index contributed by atoms with van der Waals surface area (Å²) in [6.07, 6.45) is 2.21. The molecule has 20 heavy (non-hydrogen) atoms. The first-order valence-corrected chi connectivity index (χ1v) is 8.10. The lowest BCUT2D eigenvalue weighted by molar-refractivity contribution is -0.0608. The van der Waals surface area contributed by atoms with E-state index in [0.29, 0.717) is 6.54 Å². The number of ether oxygens (including phenoxy) is 1. The Morgan fingerprint density at radius 1 is 1.55 bits per heavy atom. The fourth-order valence-electron chi connectivity index (χ4n) is 2.92. The third-order valence-electron chi connectivity index (χ3n) is 4.17. The Hall–Kier alpha value is -0.130. The maximum Gasteiger partial charge on any atom is 0.0777 e. The molecule has 1 aromatic carbocycles. The molecule has 0 radical (unpaired) electrons. The Bertz CT molecular complexity index is 471. The molecule has 1 saturated heterocycles. The van der Waals surface area contributed by atoms with E-state index in [0.717, 1.165) is 41.0 Å². The quantitative estimate of drug-likeness (QED) is 0.890. The summed E-state index contributed by atoms with van der Waals surface area (Å²) in [5.41, 5.74) is 7.03. The summed E-state index contributed by atoms with van der Waals surface area (Å²) in [5.74, 6) is 0. The van der Waals surface area contributed by atoms with Crippen LogP contribution < -0.4 is 5.73 Å². The average molecular weight is 362 g/mol. The molecule has 1 aliphatic rings. The third-order valence-corrected chi connectivity index (χ3v) is 4.99. The molecule has 0 aliphatic carbocycles. The number of nitrogens with zero attached hydrogens (tertiary/aromatic N) is 1. The maximum absolute atomic E-state index is 6.38. The predicted molar refractivity (Wildman–Crippen MR) is 87.2 cm³/mol. The van der Waals surface area contributed by atoms with E-state index in [2.05, 4.69) is 33.8 Å². The highest BCUT2D eigenvalue weighted by Gasteiger charge is 2.34. The second kappa shape index (κ2) is 6.75. The zero-order valence-corrected chi connectivity index (χ0v) is 14.4. The standard InChI is InChI=1S/C15H22BrClN2O/c1-15(20-2)6-3-7-19(10-15)14(9-18)12-5-4-11(16)8-13(12)17/h4-5,8,14H,3,6-7,9-10,18H2,1-2H3. The van der Waals surface area contributed by atoms with Gasteiger partial charge in [-0.25, -0.2) is 0 Å². The second-order valence-electron chi connectivity index (χ2n) is 5.65. The molecule has 1 fully saturated rings. The van der Waals surface area contributed by atoms with Crippen LogP contribution >= 0.6 is 27.5 Å². The number of likely N-dealkylation sites (tertiary alicyclic amines) is 1. The SMILES string of the molecule is COC1(C)CCCN(C(CN)c2ccc(Br)cc2Cl)C1. The molecular formula is C15H22BrClN2O. The number of hydrogen-bond donors (Lipinski definition) is 1. The number of methoxy groups -OCH3 is 1. The van der Waals surface area contributed by atoms with Gasteiger partial charge in [-0.2, -0.15) is 0 Å². The van der Waals surface area contributed by atoms with Gasteiger partial charge in [-0.3, -0.25) is 4.90 Å². The zero-order valence-electron chi connectivity index (χ0n) is 12.0. The number of piperidine rings is 1. The molecule has 0 aromatic heterocycles. The Labute approximate surface area is 134 Å². The van der Waals surface area contributed by atoms with Crippen molar-refractivity contribution in [1.82, 2.24) is 4.90 Å². The molecule has 0 bridgehead atoms. The second-order valence-corrected chi connectivity index (χ2v) is 6.97. The average Bonchev–Trinajstić information content (AvgIpc) is 2.42. The number of rotatable bonds is 4. The van der Waals surface area contributed by atoms with Crippen molar-refractivity contribution >= 4 is 27.5 Å². The fraction of sp³-hybridized carbons (Fsp3) is 0.600. The lowest BCUT2D eigenvalue weighted by Gasteiger charge is -2.43. The van der Waals surface area contributed by atoms with Crippen molar-refractivity contribution in [2.24, 2.45) is 5.73 Å². The largest absolute Gasteiger partial charge is 0.377 e. The van der Waals surface area contributed by atoms with Crippen molar-refractivity contribution in [3.63, 3.8) is 0 Å². The van der Waals surface area contributed by atoms with E-state index in [1.165, 1.54) is 0 Å². The van der Waals surface area contributed by atoms with E-state index < -0.39 is 0 Å². The fourth-order valence-corrected chi connectivity index (χ4v) is 3.72. The first-order chi connectivity index (χ1) is 9.49. The van der Waals surface area contributed by atoms with Crippen LogP contribution in [-0.4, -0.2) is 37.2 Å². The topological polar surface area (TPSA) is 38.5 Å². The molecule has 2 rings (SSSR count). The van der Waals surface area contributed by atoms with Crippen LogP contribution in [-0.2, 0) is 4.74 Å². The minimum Gasteiger partial charge on any atom is -0.377 e. The molecule has 2 atom stereocenters. The molecule has 3 nitrogen and oxygen atoms in total. The summed E-state index contributed by atoms with van der Waals surface area (Å²) in [5, 5.41) is 0.763. The number of benzene rings is 1. The van der Waals surface area contributed by atoms with E-state index in [1.54, 1.807) is 7.11 Å². The summed E-state index contributed by atoms with van der Waals surface area (Å²) >= 11 is 9.83. The van der Waals surface area contributed by atoms with Gasteiger partial charge < -0.3 is 10.5 Å². The van der Waals surface area contributed by atoms with Gasteiger partial charge in [-0.1, -0.05) is 33.6 Å². The van der Waals surface area contributed by atoms with Crippen molar-refractivity contribution in [1.29, 1.82) is 0 Å². The van der Waals surface area contributed by atoms with Crippen LogP contribution in [0.2, 0.25) is 5.02 Å². The molecule has 2 unspecified atom stereocenters. The number of hydrogen-bond acceptors (Lipinski definition) is 3. The van der Waals surface area contributed by atoms with Crippen molar-refractivity contribution < 1.29 is 4.74 Å². The van der Waals surface area contributed by atoms with Crippen molar-refractivity contribution in [3.05, 3.63) is 33.3 Å². The van der Waals surface area contributed by atoms with Crippen molar-refractivity contribution in [2.45, 2.75) is 31.4 Å². The van der Waals surface area contributed by atoms with E-state index in [-0.39, 0.29) is 11.6 Å². The molecule has 0 saturated carbocycles. The minimum atomic E-state index is -0.0898. The Balaban J connectivity index is 2.23. The van der Waals surface area contributed by atoms with Crippen molar-refractivity contribution in [2.75, 3.05) is 26.7 Å². The van der Waals surface area contributed by atoms with E-state index in [4.69, 9.17) is 22.1 Å². The highest BCUT2D eigenvalue weighted by atomic mass is 79.9. The van der Waals surface area contributed by atoms with Gasteiger partial charge in [-0.05, 0) is 44.0 Å². The summed E-state index contributed by atoms with van der Waals surface area (Å²) in [4.78, 5) is 2.39. The monoisotopic (exact) mass is 360 g/mol. The number of halogens is 2. The molecule has 1 aromatic rings. The first kappa shape index (κ1) is 16.2. The van der Waals surface area contributed by atoms with Crippen LogP contribution in [0.1, 0.15) is 31.4 Å². The molecule has 5 heteroatoms. The van der Waals surface area contributed by atoms with Gasteiger partial charge >= 0.3 is 0 Å². The lowest BCUT2D eigenvalue weighted by Crippen LogP contribution is -2.49. The molecule has 0 amide bonds. The summed E-state index contributed by atoms with van der Waals surface area (Å²) in [6, 6.07) is 6.15. The van der Waals surface area contributed by atoms with E-state index in [9.17, 15) is 0 Å². The highest BCUT2D eigenvalue weighted by Crippen LogP contribution is 2.34. The van der Waals surface area contributed by atoms with E-state index in [1.807, 2.05) is 12.1 Å². The Morgan fingerprint density at radius 3 is 2.90 bits per heavy atom. The van der Waals surface area contributed by atoms with Gasteiger partial charge in [-0.15, -0.1) is 0 Å². The van der Waals surface area contributed by atoms with Gasteiger partial charge in [0, 0.05) is 35.7 Å². The van der Waals surface area contributed by atoms with E-state index >= 15 is 0 Å². The molecular weight excluding hydrogens is 340 g/mol. The first-order valence-electron chi connectivity index (χ1n) is 6.93. The summed E-state index contributed by atoms with van der Waals surface area (Å²) in [7, 11) is 1.79. The van der Waals surface area contributed by atoms with Crippen LogP contribution in [0.15, 0.2) is 22.7 Å². The smallest absolute Gasteiger partial charge is 0.0777 e. The summed E-state index contributed by atoms with van der Waals surface area (Å²) in [6.45, 7) is 4.64.